The van der Waals surface area contributed by atoms with Crippen molar-refractivity contribution in [3.63, 3.8) is 0 Å². The Balaban J connectivity index is 3.07. The Kier molecular flexibility index (Phi) is 1.97. The summed E-state index contributed by atoms with van der Waals surface area (Å²) >= 11 is 0. The Hall–Kier alpha value is -0.150. The Morgan fingerprint density at radius 3 is 2.10 bits per heavy atom. The van der Waals surface area contributed by atoms with Gasteiger partial charge in [-0.25, -0.2) is 0 Å². The van der Waals surface area contributed by atoms with E-state index in [1.54, 1.807) is 16.4 Å². The highest BCUT2D eigenvalue weighted by atomic mass is 32.9. The van der Waals surface area contributed by atoms with Crippen molar-refractivity contribution in [2.75, 3.05) is 0 Å². The second-order valence-electron chi connectivity index (χ2n) is 3.24. The third kappa shape index (κ3) is 1.67. The fourth-order valence-corrected chi connectivity index (χ4v) is 2.95. The molecule has 0 spiro atoms. The molecule has 0 aliphatic heterocycles. The van der Waals surface area contributed by atoms with Gasteiger partial charge in [0.1, 0.15) is 0 Å². The molecule has 1 heterocycles. The van der Waals surface area contributed by atoms with Crippen LogP contribution in [0.4, 0.5) is 0 Å². The van der Waals surface area contributed by atoms with Gasteiger partial charge in [-0.3, -0.25) is 4.79 Å². The smallest absolute Gasteiger partial charge is 0.243 e. The van der Waals surface area contributed by atoms with Crippen molar-refractivity contribution in [3.8, 4) is 0 Å². The number of rotatable bonds is 0. The van der Waals surface area contributed by atoms with Gasteiger partial charge in [-0.15, -0.1) is 0 Å². The Morgan fingerprint density at radius 1 is 1.30 bits per heavy atom. The van der Waals surface area contributed by atoms with Crippen molar-refractivity contribution in [2.45, 2.75) is 26.2 Å². The van der Waals surface area contributed by atoms with Gasteiger partial charge in [0, 0.05) is 10.9 Å². The minimum atomic E-state index is 0.143. The van der Waals surface area contributed by atoms with Crippen LogP contribution >= 0.6 is 20.7 Å². The molecule has 1 aromatic heterocycles. The molecule has 0 N–H and O–H groups in total. The highest BCUT2D eigenvalue weighted by Gasteiger charge is 2.15. The zero-order valence-corrected chi connectivity index (χ0v) is 7.94. The molecule has 0 fully saturated rings. The van der Waals surface area contributed by atoms with Crippen LogP contribution in [0.1, 0.15) is 25.6 Å². The first-order valence-corrected chi connectivity index (χ1v) is 5.26. The summed E-state index contributed by atoms with van der Waals surface area (Å²) in [6, 6.07) is 1.73. The van der Waals surface area contributed by atoms with E-state index in [9.17, 15) is 4.79 Å². The van der Waals surface area contributed by atoms with E-state index < -0.39 is 0 Å². The van der Waals surface area contributed by atoms with Crippen molar-refractivity contribution >= 4 is 20.7 Å². The van der Waals surface area contributed by atoms with E-state index >= 15 is 0 Å². The van der Waals surface area contributed by atoms with Gasteiger partial charge < -0.3 is 0 Å². The third-order valence-corrected chi connectivity index (χ3v) is 3.76. The average molecular weight is 174 g/mol. The second kappa shape index (κ2) is 2.47. The van der Waals surface area contributed by atoms with Gasteiger partial charge in [0.15, 0.2) is 0 Å². The first kappa shape index (κ1) is 7.95. The van der Waals surface area contributed by atoms with Crippen LogP contribution in [0.2, 0.25) is 0 Å². The summed E-state index contributed by atoms with van der Waals surface area (Å²) in [7, 11) is 2.90. The van der Waals surface area contributed by atoms with Gasteiger partial charge in [0.2, 0.25) is 4.74 Å². The maximum Gasteiger partial charge on any atom is 0.243 e. The molecule has 0 aliphatic rings. The topological polar surface area (TPSA) is 17.1 Å². The largest absolute Gasteiger partial charge is 0.277 e. The second-order valence-corrected chi connectivity index (χ2v) is 5.42. The van der Waals surface area contributed by atoms with Gasteiger partial charge in [-0.1, -0.05) is 31.1 Å². The number of hydrogen-bond acceptors (Lipinski definition) is 3. The standard InChI is InChI=1S/C7H10OS2/c1-7(2,3)5-4-6(8)10-9-5/h4H,1-3H3. The van der Waals surface area contributed by atoms with Crippen LogP contribution in [0.5, 0.6) is 0 Å². The summed E-state index contributed by atoms with van der Waals surface area (Å²) in [6.07, 6.45) is 0. The Morgan fingerprint density at radius 2 is 1.90 bits per heavy atom. The minimum absolute atomic E-state index is 0.143. The zero-order valence-electron chi connectivity index (χ0n) is 6.30. The van der Waals surface area contributed by atoms with E-state index in [0.29, 0.717) is 0 Å². The van der Waals surface area contributed by atoms with Crippen LogP contribution in [0.3, 0.4) is 0 Å². The molecule has 0 saturated carbocycles. The molecule has 0 radical (unpaired) electrons. The van der Waals surface area contributed by atoms with Gasteiger partial charge in [0.05, 0.1) is 0 Å². The molecule has 0 unspecified atom stereocenters. The fraction of sp³-hybridized carbons (Fsp3) is 0.571. The lowest BCUT2D eigenvalue weighted by atomic mass is 9.95. The van der Waals surface area contributed by atoms with Gasteiger partial charge in [-0.05, 0) is 15.8 Å². The van der Waals surface area contributed by atoms with Crippen molar-refractivity contribution in [1.29, 1.82) is 0 Å². The van der Waals surface area contributed by atoms with Crippen LogP contribution in [-0.2, 0) is 5.41 Å². The maximum atomic E-state index is 10.8. The molecule has 3 heteroatoms. The first-order valence-electron chi connectivity index (χ1n) is 3.11. The van der Waals surface area contributed by atoms with Crippen molar-refractivity contribution < 1.29 is 0 Å². The van der Waals surface area contributed by atoms with Gasteiger partial charge in [-0.2, -0.15) is 0 Å². The van der Waals surface area contributed by atoms with Gasteiger partial charge >= 0.3 is 0 Å². The lowest BCUT2D eigenvalue weighted by Gasteiger charge is -2.13. The predicted molar refractivity (Wildman–Crippen MR) is 47.2 cm³/mol. The van der Waals surface area contributed by atoms with Crippen molar-refractivity contribution in [2.24, 2.45) is 0 Å². The summed E-state index contributed by atoms with van der Waals surface area (Å²) in [6.45, 7) is 6.35. The third-order valence-electron chi connectivity index (χ3n) is 1.20. The van der Waals surface area contributed by atoms with E-state index in [0.717, 1.165) is 0 Å². The molecule has 0 amide bonds. The molecule has 0 aromatic carbocycles. The van der Waals surface area contributed by atoms with Crippen LogP contribution in [0, 0.1) is 0 Å². The van der Waals surface area contributed by atoms with E-state index in [4.69, 9.17) is 0 Å². The van der Waals surface area contributed by atoms with E-state index in [-0.39, 0.29) is 10.2 Å². The molecule has 1 aromatic rings. The molecule has 0 saturated heterocycles. The molecule has 0 atom stereocenters. The number of hydrogen-bond donors (Lipinski definition) is 0. The Bertz CT molecular complexity index is 264. The van der Waals surface area contributed by atoms with E-state index in [1.165, 1.54) is 15.2 Å². The maximum absolute atomic E-state index is 10.8. The van der Waals surface area contributed by atoms with Crippen molar-refractivity contribution in [1.82, 2.24) is 0 Å². The van der Waals surface area contributed by atoms with Crippen LogP contribution in [-0.4, -0.2) is 0 Å². The van der Waals surface area contributed by atoms with E-state index in [1.807, 2.05) is 0 Å². The molecule has 1 rings (SSSR count). The summed E-state index contributed by atoms with van der Waals surface area (Å²) in [5.74, 6) is 0. The highest BCUT2D eigenvalue weighted by Crippen LogP contribution is 2.26. The average Bonchev–Trinajstić information content (AvgIpc) is 2.11. The lowest BCUT2D eigenvalue weighted by molar-refractivity contribution is 0.603. The predicted octanol–water partition coefficient (Wildman–Crippen LogP) is 2.47. The lowest BCUT2D eigenvalue weighted by Crippen LogP contribution is -2.08. The summed E-state index contributed by atoms with van der Waals surface area (Å²) in [5.41, 5.74) is 0.143. The Labute approximate surface area is 67.7 Å². The SMILES string of the molecule is CC(C)(C)c1cc(=O)ss1. The normalized spacial score (nSPS) is 11.9. The quantitative estimate of drug-likeness (QED) is 0.552. The van der Waals surface area contributed by atoms with Crippen molar-refractivity contribution in [3.05, 3.63) is 20.5 Å². The highest BCUT2D eigenvalue weighted by molar-refractivity contribution is 7.68. The van der Waals surface area contributed by atoms with Crippen LogP contribution in [0.25, 0.3) is 0 Å². The summed E-state index contributed by atoms with van der Waals surface area (Å²) in [4.78, 5) is 11.9. The monoisotopic (exact) mass is 174 g/mol. The first-order chi connectivity index (χ1) is 4.50. The van der Waals surface area contributed by atoms with Gasteiger partial charge in [0.25, 0.3) is 0 Å². The zero-order chi connectivity index (χ0) is 7.78. The molecular formula is C7H10OS2. The molecule has 10 heavy (non-hydrogen) atoms. The molecule has 1 nitrogen and oxygen atoms in total. The molecule has 0 aliphatic carbocycles. The minimum Gasteiger partial charge on any atom is -0.277 e. The van der Waals surface area contributed by atoms with Crippen LogP contribution in [0.15, 0.2) is 10.9 Å². The summed E-state index contributed by atoms with van der Waals surface area (Å²) in [5, 5.41) is 0. The van der Waals surface area contributed by atoms with E-state index in [2.05, 4.69) is 20.8 Å². The molecule has 0 bridgehead atoms. The fourth-order valence-electron chi connectivity index (χ4n) is 0.583. The summed E-state index contributed by atoms with van der Waals surface area (Å²) < 4.78 is 0.176. The molecular weight excluding hydrogens is 164 g/mol. The molecule has 56 valence electrons. The van der Waals surface area contributed by atoms with Crippen LogP contribution < -0.4 is 4.74 Å².